The summed E-state index contributed by atoms with van der Waals surface area (Å²) in [4.78, 5) is 11.4. The van der Waals surface area contributed by atoms with Crippen LogP contribution in [0.25, 0.3) is 0 Å². The molecule has 0 amide bonds. The maximum atomic E-state index is 11.4. The van der Waals surface area contributed by atoms with E-state index >= 15 is 0 Å². The van der Waals surface area contributed by atoms with E-state index in [1.807, 2.05) is 49.4 Å². The molecular weight excluding hydrogens is 240 g/mol. The molecule has 3 heteroatoms. The minimum absolute atomic E-state index is 0.321. The summed E-state index contributed by atoms with van der Waals surface area (Å²) in [5, 5.41) is 0. The molecule has 0 atom stereocenters. The zero-order valence-corrected chi connectivity index (χ0v) is 11.1. The van der Waals surface area contributed by atoms with Crippen molar-refractivity contribution in [1.29, 1.82) is 0 Å². The van der Waals surface area contributed by atoms with Crippen LogP contribution in [-0.2, 0) is 11.3 Å². The average molecular weight is 256 g/mol. The van der Waals surface area contributed by atoms with Crippen molar-refractivity contribution in [2.75, 3.05) is 7.11 Å². The van der Waals surface area contributed by atoms with Gasteiger partial charge in [0.25, 0.3) is 0 Å². The number of hydrogen-bond donors (Lipinski definition) is 0. The molecule has 0 aliphatic heterocycles. The van der Waals surface area contributed by atoms with Crippen LogP contribution in [0.2, 0.25) is 0 Å². The summed E-state index contributed by atoms with van der Waals surface area (Å²) in [6, 6.07) is 15.1. The van der Waals surface area contributed by atoms with Crippen LogP contribution in [0.5, 0.6) is 5.75 Å². The van der Waals surface area contributed by atoms with Crippen LogP contribution >= 0.6 is 0 Å². The van der Waals surface area contributed by atoms with Gasteiger partial charge in [-0.2, -0.15) is 0 Å². The Morgan fingerprint density at radius 2 is 1.84 bits per heavy atom. The summed E-state index contributed by atoms with van der Waals surface area (Å²) in [7, 11) is 1.38. The van der Waals surface area contributed by atoms with E-state index in [1.165, 1.54) is 7.11 Å². The molecule has 2 aromatic rings. The van der Waals surface area contributed by atoms with Crippen molar-refractivity contribution in [2.24, 2.45) is 0 Å². The summed E-state index contributed by atoms with van der Waals surface area (Å²) in [5.74, 6) is 0.512. The van der Waals surface area contributed by atoms with E-state index in [0.29, 0.717) is 12.2 Å². The van der Waals surface area contributed by atoms with Crippen molar-refractivity contribution in [1.82, 2.24) is 0 Å². The van der Waals surface area contributed by atoms with Crippen molar-refractivity contribution in [3.05, 3.63) is 65.2 Å². The van der Waals surface area contributed by atoms with Crippen LogP contribution in [0.1, 0.15) is 21.5 Å². The van der Waals surface area contributed by atoms with E-state index in [0.717, 1.165) is 16.9 Å². The minimum Gasteiger partial charge on any atom is -0.489 e. The fourth-order valence-corrected chi connectivity index (χ4v) is 1.78. The number of benzene rings is 2. The zero-order chi connectivity index (χ0) is 13.7. The molecule has 0 fully saturated rings. The van der Waals surface area contributed by atoms with Crippen LogP contribution in [-0.4, -0.2) is 13.1 Å². The van der Waals surface area contributed by atoms with Gasteiger partial charge in [-0.3, -0.25) is 0 Å². The number of aryl methyl sites for hydroxylation is 1. The van der Waals surface area contributed by atoms with Crippen LogP contribution < -0.4 is 4.74 Å². The number of methoxy groups -OCH3 is 1. The molecule has 0 saturated heterocycles. The molecule has 0 saturated carbocycles. The van der Waals surface area contributed by atoms with Crippen molar-refractivity contribution in [3.8, 4) is 5.75 Å². The predicted molar refractivity (Wildman–Crippen MR) is 73.3 cm³/mol. The van der Waals surface area contributed by atoms with Crippen molar-refractivity contribution in [2.45, 2.75) is 13.5 Å². The maximum Gasteiger partial charge on any atom is 0.337 e. The van der Waals surface area contributed by atoms with Gasteiger partial charge in [0.15, 0.2) is 0 Å². The third kappa shape index (κ3) is 3.35. The van der Waals surface area contributed by atoms with Gasteiger partial charge in [0.05, 0.1) is 12.7 Å². The molecule has 0 aliphatic rings. The summed E-state index contributed by atoms with van der Waals surface area (Å²) in [5.41, 5.74) is 2.62. The molecule has 0 aliphatic carbocycles. The Labute approximate surface area is 112 Å². The Morgan fingerprint density at radius 3 is 2.47 bits per heavy atom. The number of rotatable bonds is 4. The van der Waals surface area contributed by atoms with E-state index in [4.69, 9.17) is 9.47 Å². The van der Waals surface area contributed by atoms with Crippen LogP contribution in [0.4, 0.5) is 0 Å². The molecule has 98 valence electrons. The van der Waals surface area contributed by atoms with E-state index in [1.54, 1.807) is 6.07 Å². The number of carbonyl (C=O) groups is 1. The Hall–Kier alpha value is -2.29. The van der Waals surface area contributed by atoms with E-state index in [9.17, 15) is 4.79 Å². The standard InChI is InChI=1S/C16H16O3/c1-12-10-13(16(17)18-2)8-9-14(12)11-19-15-6-4-3-5-7-15/h3-10H,11H2,1-2H3. The van der Waals surface area contributed by atoms with Gasteiger partial charge in [-0.25, -0.2) is 4.79 Å². The molecule has 2 aromatic carbocycles. The molecule has 0 radical (unpaired) electrons. The molecule has 0 spiro atoms. The predicted octanol–water partition coefficient (Wildman–Crippen LogP) is 3.36. The average Bonchev–Trinajstić information content (AvgIpc) is 2.46. The van der Waals surface area contributed by atoms with Crippen molar-refractivity contribution >= 4 is 5.97 Å². The first-order chi connectivity index (χ1) is 9.20. The fraction of sp³-hybridized carbons (Fsp3) is 0.188. The molecule has 19 heavy (non-hydrogen) atoms. The van der Waals surface area contributed by atoms with Gasteiger partial charge in [-0.1, -0.05) is 24.3 Å². The number of esters is 1. The largest absolute Gasteiger partial charge is 0.489 e. The van der Waals surface area contributed by atoms with Crippen molar-refractivity contribution < 1.29 is 14.3 Å². The molecule has 2 rings (SSSR count). The first-order valence-electron chi connectivity index (χ1n) is 6.06. The lowest BCUT2D eigenvalue weighted by Crippen LogP contribution is -2.04. The van der Waals surface area contributed by atoms with Gasteiger partial charge < -0.3 is 9.47 Å². The van der Waals surface area contributed by atoms with Crippen molar-refractivity contribution in [3.63, 3.8) is 0 Å². The molecule has 3 nitrogen and oxygen atoms in total. The number of ether oxygens (including phenoxy) is 2. The normalized spacial score (nSPS) is 10.0. The van der Waals surface area contributed by atoms with Crippen LogP contribution in [0.15, 0.2) is 48.5 Å². The van der Waals surface area contributed by atoms with E-state index in [-0.39, 0.29) is 5.97 Å². The summed E-state index contributed by atoms with van der Waals surface area (Å²) >= 11 is 0. The third-order valence-electron chi connectivity index (χ3n) is 2.90. The Morgan fingerprint density at radius 1 is 1.11 bits per heavy atom. The third-order valence-corrected chi connectivity index (χ3v) is 2.90. The summed E-state index contributed by atoms with van der Waals surface area (Å²) in [6.07, 6.45) is 0. The second-order valence-electron chi connectivity index (χ2n) is 4.23. The second kappa shape index (κ2) is 6.05. The van der Waals surface area contributed by atoms with Crippen LogP contribution in [0.3, 0.4) is 0 Å². The van der Waals surface area contributed by atoms with Gasteiger partial charge in [-0.15, -0.1) is 0 Å². The lowest BCUT2D eigenvalue weighted by molar-refractivity contribution is 0.0600. The summed E-state index contributed by atoms with van der Waals surface area (Å²) in [6.45, 7) is 2.44. The topological polar surface area (TPSA) is 35.5 Å². The highest BCUT2D eigenvalue weighted by Gasteiger charge is 2.07. The first kappa shape index (κ1) is 13.1. The monoisotopic (exact) mass is 256 g/mol. The number of para-hydroxylation sites is 1. The molecule has 0 N–H and O–H groups in total. The highest BCUT2D eigenvalue weighted by Crippen LogP contribution is 2.16. The minimum atomic E-state index is -0.321. The fourth-order valence-electron chi connectivity index (χ4n) is 1.78. The molecule has 0 heterocycles. The van der Waals surface area contributed by atoms with E-state index in [2.05, 4.69) is 0 Å². The second-order valence-corrected chi connectivity index (χ2v) is 4.23. The van der Waals surface area contributed by atoms with Gasteiger partial charge in [0.2, 0.25) is 0 Å². The Balaban J connectivity index is 2.07. The van der Waals surface area contributed by atoms with E-state index < -0.39 is 0 Å². The smallest absolute Gasteiger partial charge is 0.337 e. The zero-order valence-electron chi connectivity index (χ0n) is 11.1. The van der Waals surface area contributed by atoms with Gasteiger partial charge in [0, 0.05) is 0 Å². The molecule has 0 aromatic heterocycles. The Bertz CT molecular complexity index is 561. The SMILES string of the molecule is COC(=O)c1ccc(COc2ccccc2)c(C)c1. The quantitative estimate of drug-likeness (QED) is 0.787. The number of hydrogen-bond acceptors (Lipinski definition) is 3. The molecular formula is C16H16O3. The highest BCUT2D eigenvalue weighted by atomic mass is 16.5. The Kier molecular flexibility index (Phi) is 4.18. The lowest BCUT2D eigenvalue weighted by atomic mass is 10.1. The maximum absolute atomic E-state index is 11.4. The first-order valence-corrected chi connectivity index (χ1v) is 6.06. The van der Waals surface area contributed by atoms with Gasteiger partial charge in [-0.05, 0) is 42.3 Å². The molecule has 0 unspecified atom stereocenters. The molecule has 0 bridgehead atoms. The lowest BCUT2D eigenvalue weighted by Gasteiger charge is -2.09. The van der Waals surface area contributed by atoms with Crippen LogP contribution in [0, 0.1) is 6.92 Å². The van der Waals surface area contributed by atoms with Gasteiger partial charge >= 0.3 is 5.97 Å². The highest BCUT2D eigenvalue weighted by molar-refractivity contribution is 5.89. The number of carbonyl (C=O) groups excluding carboxylic acids is 1. The summed E-state index contributed by atoms with van der Waals surface area (Å²) < 4.78 is 10.4. The van der Waals surface area contributed by atoms with Gasteiger partial charge in [0.1, 0.15) is 12.4 Å².